The third kappa shape index (κ3) is 4.59. The van der Waals surface area contributed by atoms with Crippen LogP contribution in [-0.2, 0) is 18.8 Å². The van der Waals surface area contributed by atoms with Crippen LogP contribution >= 0.6 is 0 Å². The van der Waals surface area contributed by atoms with E-state index >= 15 is 0 Å². The molecule has 3 heterocycles. The number of fused-ring (bicyclic) bond motifs is 1. The minimum absolute atomic E-state index is 0.0129. The highest BCUT2D eigenvalue weighted by Crippen LogP contribution is 2.33. The number of likely N-dealkylation sites (tertiary alicyclic amines) is 1. The quantitative estimate of drug-likeness (QED) is 0.670. The lowest BCUT2D eigenvalue weighted by molar-refractivity contribution is -0.135. The van der Waals surface area contributed by atoms with Crippen molar-refractivity contribution in [3.05, 3.63) is 24.0 Å². The number of nitrogens with one attached hydrogen (secondary N) is 2. The Morgan fingerprint density at radius 1 is 1.36 bits per heavy atom. The van der Waals surface area contributed by atoms with E-state index in [1.54, 1.807) is 0 Å². The number of alkyl carbamates (subject to hydrolysis) is 1. The van der Waals surface area contributed by atoms with Crippen LogP contribution in [-0.4, -0.2) is 65.4 Å². The van der Waals surface area contributed by atoms with Gasteiger partial charge in [0.25, 0.3) is 0 Å². The molecule has 2 saturated heterocycles. The van der Waals surface area contributed by atoms with Gasteiger partial charge in [-0.15, -0.1) is 0 Å². The van der Waals surface area contributed by atoms with Crippen molar-refractivity contribution in [2.24, 2.45) is 5.92 Å². The lowest BCUT2D eigenvalue weighted by Crippen LogP contribution is -2.51. The average molecular weight is 456 g/mol. The predicted octanol–water partition coefficient (Wildman–Crippen LogP) is 2.52. The Bertz CT molecular complexity index is 1040. The van der Waals surface area contributed by atoms with Crippen LogP contribution in [0.15, 0.2) is 18.2 Å². The number of imidazole rings is 1. The first kappa shape index (κ1) is 23.6. The second-order valence-electron chi connectivity index (χ2n) is 9.78. The Kier molecular flexibility index (Phi) is 6.42. The fraction of sp³-hybridized carbons (Fsp3) is 0.609. The summed E-state index contributed by atoms with van der Waals surface area (Å²) in [6.45, 7) is 10.5. The van der Waals surface area contributed by atoms with Crippen molar-refractivity contribution in [1.82, 2.24) is 20.2 Å². The molecule has 33 heavy (non-hydrogen) atoms. The first-order valence-corrected chi connectivity index (χ1v) is 11.6. The summed E-state index contributed by atoms with van der Waals surface area (Å²) in [6.07, 6.45) is 1.06. The molecular weight excluding hydrogens is 423 g/mol. The maximum atomic E-state index is 13.3. The van der Waals surface area contributed by atoms with Gasteiger partial charge in [0.1, 0.15) is 11.9 Å². The zero-order valence-corrected chi connectivity index (χ0v) is 20.2. The van der Waals surface area contributed by atoms with E-state index in [-0.39, 0.29) is 29.6 Å². The number of amides is 2. The number of carbonyl (C=O) groups is 2. The first-order chi connectivity index (χ1) is 15.6. The number of aromatic amines is 1. The van der Waals surface area contributed by atoms with E-state index in [4.69, 9.17) is 19.0 Å². The second-order valence-corrected chi connectivity index (χ2v) is 9.78. The average Bonchev–Trinajstić information content (AvgIpc) is 3.47. The van der Waals surface area contributed by atoms with E-state index in [0.717, 1.165) is 35.2 Å². The normalized spacial score (nSPS) is 23.4. The third-order valence-corrected chi connectivity index (χ3v) is 6.76. The van der Waals surface area contributed by atoms with Crippen molar-refractivity contribution in [2.45, 2.75) is 71.2 Å². The Morgan fingerprint density at radius 2 is 2.12 bits per heavy atom. The summed E-state index contributed by atoms with van der Waals surface area (Å²) >= 11 is 0. The van der Waals surface area contributed by atoms with Crippen molar-refractivity contribution in [2.75, 3.05) is 13.7 Å². The van der Waals surface area contributed by atoms with Gasteiger partial charge in [0.2, 0.25) is 5.91 Å². The van der Waals surface area contributed by atoms with Gasteiger partial charge < -0.3 is 29.2 Å². The number of nitrogens with zero attached hydrogens (tertiary/aromatic N) is 2. The summed E-state index contributed by atoms with van der Waals surface area (Å²) in [7, 11) is 0.869. The topological polar surface area (TPSA) is 106 Å². The molecule has 2 fully saturated rings. The van der Waals surface area contributed by atoms with Crippen molar-refractivity contribution < 1.29 is 23.6 Å². The number of benzene rings is 1. The minimum atomic E-state index is -0.656. The van der Waals surface area contributed by atoms with E-state index in [9.17, 15) is 9.59 Å². The van der Waals surface area contributed by atoms with Crippen LogP contribution < -0.4 is 10.8 Å². The smallest absolute Gasteiger partial charge is 0.453 e. The largest absolute Gasteiger partial charge is 0.494 e. The van der Waals surface area contributed by atoms with Gasteiger partial charge in [0, 0.05) is 6.54 Å². The van der Waals surface area contributed by atoms with Crippen LogP contribution in [0.3, 0.4) is 0 Å². The van der Waals surface area contributed by atoms with E-state index in [2.05, 4.69) is 10.3 Å². The van der Waals surface area contributed by atoms with Crippen LogP contribution in [0.1, 0.15) is 59.3 Å². The summed E-state index contributed by atoms with van der Waals surface area (Å²) in [6, 6.07) is 5.09. The van der Waals surface area contributed by atoms with Crippen LogP contribution in [0, 0.1) is 5.92 Å². The van der Waals surface area contributed by atoms with E-state index in [1.165, 1.54) is 7.11 Å². The van der Waals surface area contributed by atoms with Crippen LogP contribution in [0.4, 0.5) is 4.79 Å². The third-order valence-electron chi connectivity index (χ3n) is 6.76. The van der Waals surface area contributed by atoms with E-state index < -0.39 is 19.3 Å². The monoisotopic (exact) mass is 456 g/mol. The molecule has 2 aromatic rings. The number of methoxy groups -OCH3 is 1. The van der Waals surface area contributed by atoms with Gasteiger partial charge >= 0.3 is 13.2 Å². The second kappa shape index (κ2) is 8.98. The van der Waals surface area contributed by atoms with Crippen LogP contribution in [0.2, 0.25) is 0 Å². The molecule has 178 valence electrons. The highest BCUT2D eigenvalue weighted by atomic mass is 16.7. The molecule has 3 atom stereocenters. The lowest BCUT2D eigenvalue weighted by atomic mass is 9.79. The molecule has 2 N–H and O–H groups in total. The minimum Gasteiger partial charge on any atom is -0.453 e. The summed E-state index contributed by atoms with van der Waals surface area (Å²) in [5, 5.41) is 2.68. The van der Waals surface area contributed by atoms with Crippen molar-refractivity contribution in [3.8, 4) is 0 Å². The van der Waals surface area contributed by atoms with E-state index in [1.807, 2.05) is 57.7 Å². The molecule has 9 nitrogen and oxygen atoms in total. The molecule has 1 unspecified atom stereocenters. The molecule has 0 aliphatic carbocycles. The molecule has 0 radical (unpaired) electrons. The Hall–Kier alpha value is -2.59. The zero-order chi connectivity index (χ0) is 23.9. The van der Waals surface area contributed by atoms with Crippen molar-refractivity contribution in [1.29, 1.82) is 0 Å². The van der Waals surface area contributed by atoms with Gasteiger partial charge in [-0.1, -0.05) is 19.9 Å². The standard InChI is InChI=1S/C23H33BN4O5/c1-13(2)19(27-22(30)31-6)21(29)28-11-7-8-18(28)20-25-16-10-9-15(12-17(16)26-20)24-32-14(3)23(4,5)33-24/h9-10,12-14,18-19H,7-8,11H2,1-6H3,(H,25,26)(H,27,30)/t14?,18-,19-/m0/s1. The molecule has 2 amide bonds. The van der Waals surface area contributed by atoms with Crippen LogP contribution in [0.5, 0.6) is 0 Å². The maximum absolute atomic E-state index is 13.3. The van der Waals surface area contributed by atoms with Crippen molar-refractivity contribution >= 4 is 35.6 Å². The number of ether oxygens (including phenoxy) is 1. The lowest BCUT2D eigenvalue weighted by Gasteiger charge is -2.29. The zero-order valence-electron chi connectivity index (χ0n) is 20.2. The molecule has 0 saturated carbocycles. The van der Waals surface area contributed by atoms with E-state index in [0.29, 0.717) is 6.54 Å². The van der Waals surface area contributed by atoms with Gasteiger partial charge in [-0.25, -0.2) is 9.78 Å². The molecule has 2 aliphatic heterocycles. The molecule has 2 aliphatic rings. The molecule has 0 spiro atoms. The molecule has 1 aromatic heterocycles. The van der Waals surface area contributed by atoms with Crippen LogP contribution in [0.25, 0.3) is 11.0 Å². The number of hydrogen-bond acceptors (Lipinski definition) is 6. The molecule has 0 bridgehead atoms. The number of H-pyrrole nitrogens is 1. The highest BCUT2D eigenvalue weighted by Gasteiger charge is 2.44. The Labute approximate surface area is 194 Å². The molecular formula is C23H33BN4O5. The summed E-state index contributed by atoms with van der Waals surface area (Å²) in [4.78, 5) is 35.1. The van der Waals surface area contributed by atoms with Gasteiger partial charge in [-0.05, 0) is 57.1 Å². The summed E-state index contributed by atoms with van der Waals surface area (Å²) < 4.78 is 16.8. The van der Waals surface area contributed by atoms with Crippen molar-refractivity contribution in [3.63, 3.8) is 0 Å². The number of aromatic nitrogens is 2. The number of carbonyl (C=O) groups excluding carboxylic acids is 2. The summed E-state index contributed by atoms with van der Waals surface area (Å²) in [5.41, 5.74) is 2.27. The van der Waals surface area contributed by atoms with Gasteiger partial charge in [-0.3, -0.25) is 4.79 Å². The maximum Gasteiger partial charge on any atom is 0.494 e. The van der Waals surface area contributed by atoms with Gasteiger partial charge in [0.05, 0.1) is 35.9 Å². The molecule has 4 rings (SSSR count). The molecule has 10 heteroatoms. The van der Waals surface area contributed by atoms with Gasteiger partial charge in [0.15, 0.2) is 0 Å². The first-order valence-electron chi connectivity index (χ1n) is 11.6. The Balaban J connectivity index is 1.56. The van der Waals surface area contributed by atoms with Gasteiger partial charge in [-0.2, -0.15) is 0 Å². The Morgan fingerprint density at radius 3 is 2.76 bits per heavy atom. The predicted molar refractivity (Wildman–Crippen MR) is 125 cm³/mol. The number of hydrogen-bond donors (Lipinski definition) is 2. The summed E-state index contributed by atoms with van der Waals surface area (Å²) in [5.74, 6) is 0.549. The fourth-order valence-corrected chi connectivity index (χ4v) is 4.44. The number of rotatable bonds is 5. The SMILES string of the molecule is COC(=O)N[C@H](C(=O)N1CCC[C@H]1c1nc2ccc(B3OC(C)C(C)(C)O3)cc2[nH]1)C(C)C. The fourth-order valence-electron chi connectivity index (χ4n) is 4.44. The highest BCUT2D eigenvalue weighted by molar-refractivity contribution is 6.62. The molecule has 1 aromatic carbocycles.